The van der Waals surface area contributed by atoms with E-state index in [1.807, 2.05) is 4.72 Å². The molecule has 1 heterocycles. The Morgan fingerprint density at radius 1 is 0.833 bits per heavy atom. The van der Waals surface area contributed by atoms with Gasteiger partial charge < -0.3 is 4.90 Å². The summed E-state index contributed by atoms with van der Waals surface area (Å²) in [6.45, 7) is -0.719. The summed E-state index contributed by atoms with van der Waals surface area (Å²) in [6, 6.07) is 9.78. The topological polar surface area (TPSA) is 104 Å². The summed E-state index contributed by atoms with van der Waals surface area (Å²) in [5.74, 6) is -2.39. The molecule has 162 valence electrons. The lowest BCUT2D eigenvalue weighted by molar-refractivity contribution is -0.131. The fourth-order valence-electron chi connectivity index (χ4n) is 2.98. The van der Waals surface area contributed by atoms with E-state index in [-0.39, 0.29) is 26.2 Å². The van der Waals surface area contributed by atoms with Crippen LogP contribution in [-0.2, 0) is 24.8 Å². The standard InChI is InChI=1S/C18H19F2N3O5S2/c19-14-5-1-3-7-16(14)29(25,26)21-13-18(24)22-9-11-23(12-10-22)30(27,28)17-8-4-2-6-15(17)20/h1-8,21H,9-13H2. The minimum Gasteiger partial charge on any atom is -0.339 e. The summed E-state index contributed by atoms with van der Waals surface area (Å²) in [7, 11) is -8.27. The van der Waals surface area contributed by atoms with Gasteiger partial charge in [0.25, 0.3) is 0 Å². The molecule has 30 heavy (non-hydrogen) atoms. The van der Waals surface area contributed by atoms with E-state index < -0.39 is 53.9 Å². The molecule has 1 aliphatic rings. The highest BCUT2D eigenvalue weighted by molar-refractivity contribution is 7.89. The third kappa shape index (κ3) is 4.67. The molecule has 0 aromatic heterocycles. The number of nitrogens with zero attached hydrogens (tertiary/aromatic N) is 2. The monoisotopic (exact) mass is 459 g/mol. The summed E-state index contributed by atoms with van der Waals surface area (Å²) in [5, 5.41) is 0. The predicted molar refractivity (Wildman–Crippen MR) is 103 cm³/mol. The highest BCUT2D eigenvalue weighted by Crippen LogP contribution is 2.20. The molecule has 0 atom stereocenters. The van der Waals surface area contributed by atoms with Crippen LogP contribution in [0.2, 0.25) is 0 Å². The van der Waals surface area contributed by atoms with Crippen molar-refractivity contribution < 1.29 is 30.4 Å². The molecule has 1 N–H and O–H groups in total. The molecule has 2 aromatic rings. The zero-order valence-corrected chi connectivity index (χ0v) is 17.3. The largest absolute Gasteiger partial charge is 0.339 e. The van der Waals surface area contributed by atoms with Gasteiger partial charge in [0.05, 0.1) is 6.54 Å². The molecule has 0 aliphatic carbocycles. The Morgan fingerprint density at radius 2 is 1.33 bits per heavy atom. The molecule has 0 bridgehead atoms. The summed E-state index contributed by atoms with van der Waals surface area (Å²) in [6.07, 6.45) is 0. The maximum Gasteiger partial charge on any atom is 0.246 e. The lowest BCUT2D eigenvalue weighted by atomic mass is 10.3. The second-order valence-corrected chi connectivity index (χ2v) is 10.1. The van der Waals surface area contributed by atoms with E-state index in [9.17, 15) is 30.4 Å². The van der Waals surface area contributed by atoms with Crippen LogP contribution < -0.4 is 4.72 Å². The van der Waals surface area contributed by atoms with Crippen molar-refractivity contribution in [2.75, 3.05) is 32.7 Å². The smallest absolute Gasteiger partial charge is 0.246 e. The number of carbonyl (C=O) groups is 1. The van der Waals surface area contributed by atoms with Crippen LogP contribution in [0, 0.1) is 11.6 Å². The number of amides is 1. The maximum absolute atomic E-state index is 13.9. The van der Waals surface area contributed by atoms with Gasteiger partial charge in [-0.05, 0) is 24.3 Å². The second kappa shape index (κ2) is 8.76. The Kier molecular flexibility index (Phi) is 6.50. The molecule has 0 radical (unpaired) electrons. The Hall–Kier alpha value is -2.41. The van der Waals surface area contributed by atoms with Crippen molar-refractivity contribution in [3.05, 3.63) is 60.2 Å². The lowest BCUT2D eigenvalue weighted by Gasteiger charge is -2.34. The Balaban J connectivity index is 1.59. The van der Waals surface area contributed by atoms with Gasteiger partial charge in [-0.1, -0.05) is 24.3 Å². The van der Waals surface area contributed by atoms with Gasteiger partial charge in [-0.3, -0.25) is 4.79 Å². The van der Waals surface area contributed by atoms with Crippen LogP contribution in [-0.4, -0.2) is 64.7 Å². The van der Waals surface area contributed by atoms with E-state index in [0.717, 1.165) is 22.5 Å². The predicted octanol–water partition coefficient (Wildman–Crippen LogP) is 0.776. The van der Waals surface area contributed by atoms with Crippen molar-refractivity contribution in [1.82, 2.24) is 13.9 Å². The van der Waals surface area contributed by atoms with Crippen molar-refractivity contribution in [1.29, 1.82) is 0 Å². The van der Waals surface area contributed by atoms with Crippen molar-refractivity contribution in [3.8, 4) is 0 Å². The number of piperazine rings is 1. The number of rotatable bonds is 6. The van der Waals surface area contributed by atoms with Gasteiger partial charge in [0.1, 0.15) is 21.4 Å². The second-order valence-electron chi connectivity index (χ2n) is 6.47. The molecular weight excluding hydrogens is 440 g/mol. The molecule has 12 heteroatoms. The fraction of sp³-hybridized carbons (Fsp3) is 0.278. The quantitative estimate of drug-likeness (QED) is 0.688. The highest BCUT2D eigenvalue weighted by atomic mass is 32.2. The third-order valence-electron chi connectivity index (χ3n) is 4.59. The van der Waals surface area contributed by atoms with Crippen LogP contribution in [0.1, 0.15) is 0 Å². The van der Waals surface area contributed by atoms with Crippen LogP contribution in [0.25, 0.3) is 0 Å². The zero-order valence-electron chi connectivity index (χ0n) is 15.7. The minimum absolute atomic E-state index is 0.00788. The molecule has 0 saturated carbocycles. The fourth-order valence-corrected chi connectivity index (χ4v) is 5.52. The molecule has 1 fully saturated rings. The summed E-state index contributed by atoms with van der Waals surface area (Å²) < 4.78 is 80.2. The van der Waals surface area contributed by atoms with Crippen LogP contribution in [0.5, 0.6) is 0 Å². The first kappa shape index (κ1) is 22.3. The highest BCUT2D eigenvalue weighted by Gasteiger charge is 2.32. The number of sulfonamides is 2. The van der Waals surface area contributed by atoms with E-state index >= 15 is 0 Å². The van der Waals surface area contributed by atoms with Crippen molar-refractivity contribution >= 4 is 26.0 Å². The summed E-state index contributed by atoms with van der Waals surface area (Å²) in [5.41, 5.74) is 0. The number of nitrogens with one attached hydrogen (secondary N) is 1. The van der Waals surface area contributed by atoms with Crippen molar-refractivity contribution in [2.45, 2.75) is 9.79 Å². The van der Waals surface area contributed by atoms with Crippen LogP contribution in [0.4, 0.5) is 8.78 Å². The van der Waals surface area contributed by atoms with Gasteiger partial charge in [0, 0.05) is 26.2 Å². The van der Waals surface area contributed by atoms with Gasteiger partial charge in [-0.25, -0.2) is 30.3 Å². The molecular formula is C18H19F2N3O5S2. The number of carbonyl (C=O) groups excluding carboxylic acids is 1. The molecule has 1 saturated heterocycles. The molecule has 0 unspecified atom stereocenters. The lowest BCUT2D eigenvalue weighted by Crippen LogP contribution is -2.52. The summed E-state index contributed by atoms with van der Waals surface area (Å²) in [4.78, 5) is 12.6. The number of benzene rings is 2. The first-order chi connectivity index (χ1) is 14.1. The van der Waals surface area contributed by atoms with E-state index in [0.29, 0.717) is 0 Å². The molecule has 1 aliphatic heterocycles. The average molecular weight is 459 g/mol. The Labute approximate surface area is 173 Å². The van der Waals surface area contributed by atoms with Crippen LogP contribution in [0.3, 0.4) is 0 Å². The molecule has 3 rings (SSSR count). The number of hydrogen-bond acceptors (Lipinski definition) is 5. The normalized spacial score (nSPS) is 15.9. The van der Waals surface area contributed by atoms with Gasteiger partial charge in [-0.15, -0.1) is 0 Å². The van der Waals surface area contributed by atoms with Crippen molar-refractivity contribution in [2.24, 2.45) is 0 Å². The number of hydrogen-bond donors (Lipinski definition) is 1. The Bertz CT molecular complexity index is 1150. The van der Waals surface area contributed by atoms with Gasteiger partial charge in [-0.2, -0.15) is 4.31 Å². The van der Waals surface area contributed by atoms with E-state index in [2.05, 4.69) is 0 Å². The third-order valence-corrected chi connectivity index (χ3v) is 7.95. The van der Waals surface area contributed by atoms with Crippen LogP contribution >= 0.6 is 0 Å². The molecule has 0 spiro atoms. The average Bonchev–Trinajstić information content (AvgIpc) is 2.72. The first-order valence-electron chi connectivity index (χ1n) is 8.89. The van der Waals surface area contributed by atoms with Gasteiger partial charge in [0.15, 0.2) is 0 Å². The number of halogens is 2. The van der Waals surface area contributed by atoms with E-state index in [4.69, 9.17) is 0 Å². The summed E-state index contributed by atoms with van der Waals surface area (Å²) >= 11 is 0. The minimum atomic E-state index is -4.22. The molecule has 2 aromatic carbocycles. The maximum atomic E-state index is 13.9. The first-order valence-corrected chi connectivity index (χ1v) is 11.8. The van der Waals surface area contributed by atoms with Gasteiger partial charge >= 0.3 is 0 Å². The molecule has 1 amide bonds. The van der Waals surface area contributed by atoms with E-state index in [1.54, 1.807) is 0 Å². The van der Waals surface area contributed by atoms with Gasteiger partial charge in [0.2, 0.25) is 26.0 Å². The van der Waals surface area contributed by atoms with Crippen LogP contribution in [0.15, 0.2) is 58.3 Å². The Morgan fingerprint density at radius 3 is 1.87 bits per heavy atom. The zero-order chi connectivity index (χ0) is 21.9. The SMILES string of the molecule is O=C(CNS(=O)(=O)c1ccccc1F)N1CCN(S(=O)(=O)c2ccccc2F)CC1. The molecule has 8 nitrogen and oxygen atoms in total. The van der Waals surface area contributed by atoms with E-state index in [1.165, 1.54) is 35.2 Å². The van der Waals surface area contributed by atoms with Crippen molar-refractivity contribution in [3.63, 3.8) is 0 Å².